The van der Waals surface area contributed by atoms with E-state index in [0.717, 1.165) is 21.6 Å². The molecule has 0 aliphatic heterocycles. The van der Waals surface area contributed by atoms with Crippen LogP contribution in [-0.2, 0) is 0 Å². The lowest BCUT2D eigenvalue weighted by Crippen LogP contribution is -2.22. The van der Waals surface area contributed by atoms with Crippen molar-refractivity contribution in [3.8, 4) is 16.3 Å². The van der Waals surface area contributed by atoms with Gasteiger partial charge in [-0.2, -0.15) is 9.78 Å². The molecular weight excluding hydrogens is 292 g/mol. The third kappa shape index (κ3) is 2.05. The highest BCUT2D eigenvalue weighted by molar-refractivity contribution is 7.13. The van der Waals surface area contributed by atoms with E-state index in [1.807, 2.05) is 72.1 Å². The van der Waals surface area contributed by atoms with Crippen molar-refractivity contribution in [1.29, 1.82) is 0 Å². The molecule has 0 bridgehead atoms. The SMILES string of the molecule is O=c1c2ccccc2c(-c2cccs2)nn1-c1ccccc1. The molecular formula is C18H12N2OS. The molecule has 0 fully saturated rings. The molecule has 2 aromatic carbocycles. The summed E-state index contributed by atoms with van der Waals surface area (Å²) in [6.45, 7) is 0. The third-order valence-electron chi connectivity index (χ3n) is 3.56. The van der Waals surface area contributed by atoms with Crippen molar-refractivity contribution >= 4 is 22.1 Å². The van der Waals surface area contributed by atoms with E-state index in [2.05, 4.69) is 5.10 Å². The van der Waals surface area contributed by atoms with Crippen molar-refractivity contribution in [3.63, 3.8) is 0 Å². The first-order chi connectivity index (χ1) is 10.8. The first-order valence-corrected chi connectivity index (χ1v) is 7.84. The smallest absolute Gasteiger partial charge is 0.267 e. The van der Waals surface area contributed by atoms with Gasteiger partial charge in [0.2, 0.25) is 0 Å². The number of hydrogen-bond acceptors (Lipinski definition) is 3. The quantitative estimate of drug-likeness (QED) is 0.558. The number of benzene rings is 2. The van der Waals surface area contributed by atoms with Crippen molar-refractivity contribution in [2.24, 2.45) is 0 Å². The Hall–Kier alpha value is -2.72. The number of fused-ring (bicyclic) bond motifs is 1. The van der Waals surface area contributed by atoms with Crippen LogP contribution in [0.3, 0.4) is 0 Å². The van der Waals surface area contributed by atoms with Crippen LogP contribution in [0.5, 0.6) is 0 Å². The topological polar surface area (TPSA) is 34.9 Å². The van der Waals surface area contributed by atoms with E-state index in [-0.39, 0.29) is 5.56 Å². The van der Waals surface area contributed by atoms with E-state index >= 15 is 0 Å². The molecule has 4 rings (SSSR count). The van der Waals surface area contributed by atoms with E-state index in [9.17, 15) is 4.79 Å². The lowest BCUT2D eigenvalue weighted by Gasteiger charge is -2.10. The summed E-state index contributed by atoms with van der Waals surface area (Å²) >= 11 is 1.62. The third-order valence-corrected chi connectivity index (χ3v) is 4.44. The number of thiophene rings is 1. The van der Waals surface area contributed by atoms with Crippen LogP contribution in [0, 0.1) is 0 Å². The molecule has 22 heavy (non-hydrogen) atoms. The highest BCUT2D eigenvalue weighted by Crippen LogP contribution is 2.28. The van der Waals surface area contributed by atoms with E-state index < -0.39 is 0 Å². The Morgan fingerprint density at radius 1 is 0.818 bits per heavy atom. The van der Waals surface area contributed by atoms with Crippen molar-refractivity contribution in [3.05, 3.63) is 82.5 Å². The number of hydrogen-bond donors (Lipinski definition) is 0. The first-order valence-electron chi connectivity index (χ1n) is 6.96. The molecule has 0 aliphatic carbocycles. The largest absolute Gasteiger partial charge is 0.279 e. The van der Waals surface area contributed by atoms with Crippen LogP contribution in [0.4, 0.5) is 0 Å². The molecule has 4 heteroatoms. The maximum Gasteiger partial charge on any atom is 0.279 e. The molecule has 0 aliphatic rings. The Kier molecular flexibility index (Phi) is 3.09. The molecule has 0 unspecified atom stereocenters. The molecule has 0 amide bonds. The van der Waals surface area contributed by atoms with Gasteiger partial charge >= 0.3 is 0 Å². The van der Waals surface area contributed by atoms with Gasteiger partial charge in [-0.05, 0) is 29.6 Å². The number of aromatic nitrogens is 2. The minimum absolute atomic E-state index is 0.0953. The van der Waals surface area contributed by atoms with Crippen LogP contribution >= 0.6 is 11.3 Å². The number of para-hydroxylation sites is 1. The molecule has 3 nitrogen and oxygen atoms in total. The molecule has 2 heterocycles. The van der Waals surface area contributed by atoms with Gasteiger partial charge in [0.15, 0.2) is 0 Å². The molecule has 0 radical (unpaired) electrons. The van der Waals surface area contributed by atoms with Crippen LogP contribution in [0.1, 0.15) is 0 Å². The highest BCUT2D eigenvalue weighted by Gasteiger charge is 2.13. The van der Waals surface area contributed by atoms with Gasteiger partial charge in [-0.15, -0.1) is 11.3 Å². The van der Waals surface area contributed by atoms with Crippen LogP contribution in [0.15, 0.2) is 76.9 Å². The zero-order valence-electron chi connectivity index (χ0n) is 11.6. The highest BCUT2D eigenvalue weighted by atomic mass is 32.1. The molecule has 0 atom stereocenters. The number of rotatable bonds is 2. The summed E-state index contributed by atoms with van der Waals surface area (Å²) < 4.78 is 1.48. The van der Waals surface area contributed by atoms with Crippen LogP contribution < -0.4 is 5.56 Å². The van der Waals surface area contributed by atoms with Crippen LogP contribution in [0.25, 0.3) is 27.0 Å². The van der Waals surface area contributed by atoms with E-state index in [1.54, 1.807) is 11.3 Å². The van der Waals surface area contributed by atoms with Gasteiger partial charge in [0.05, 0.1) is 16.0 Å². The van der Waals surface area contributed by atoms with Crippen molar-refractivity contribution in [2.45, 2.75) is 0 Å². The molecule has 2 aromatic heterocycles. The zero-order chi connectivity index (χ0) is 14.9. The summed E-state index contributed by atoms with van der Waals surface area (Å²) in [5.74, 6) is 0. The van der Waals surface area contributed by atoms with Gasteiger partial charge in [-0.25, -0.2) is 0 Å². The molecule has 0 saturated carbocycles. The summed E-state index contributed by atoms with van der Waals surface area (Å²) in [6.07, 6.45) is 0. The molecule has 0 saturated heterocycles. The molecule has 106 valence electrons. The van der Waals surface area contributed by atoms with E-state index in [1.165, 1.54) is 4.68 Å². The average molecular weight is 304 g/mol. The maximum absolute atomic E-state index is 12.8. The van der Waals surface area contributed by atoms with Gasteiger partial charge in [0.1, 0.15) is 5.69 Å². The zero-order valence-corrected chi connectivity index (χ0v) is 12.5. The summed E-state index contributed by atoms with van der Waals surface area (Å²) in [5, 5.41) is 8.22. The van der Waals surface area contributed by atoms with E-state index in [4.69, 9.17) is 0 Å². The van der Waals surface area contributed by atoms with Crippen molar-refractivity contribution in [1.82, 2.24) is 9.78 Å². The second-order valence-electron chi connectivity index (χ2n) is 4.92. The Balaban J connectivity index is 2.12. The summed E-state index contributed by atoms with van der Waals surface area (Å²) in [5.41, 5.74) is 1.52. The van der Waals surface area contributed by atoms with Gasteiger partial charge in [-0.3, -0.25) is 4.79 Å². The fraction of sp³-hybridized carbons (Fsp3) is 0. The molecule has 0 N–H and O–H groups in total. The number of nitrogens with zero attached hydrogens (tertiary/aromatic N) is 2. The monoisotopic (exact) mass is 304 g/mol. The minimum atomic E-state index is -0.0953. The molecule has 0 spiro atoms. The Morgan fingerprint density at radius 3 is 2.27 bits per heavy atom. The van der Waals surface area contributed by atoms with Crippen LogP contribution in [0.2, 0.25) is 0 Å². The summed E-state index contributed by atoms with van der Waals surface area (Å²) in [4.78, 5) is 13.8. The first kappa shape index (κ1) is 13.0. The minimum Gasteiger partial charge on any atom is -0.267 e. The summed E-state index contributed by atoms with van der Waals surface area (Å²) in [7, 11) is 0. The predicted molar refractivity (Wildman–Crippen MR) is 90.7 cm³/mol. The molecule has 4 aromatic rings. The Bertz CT molecular complexity index is 989. The van der Waals surface area contributed by atoms with Gasteiger partial charge in [0.25, 0.3) is 5.56 Å². The second kappa shape index (κ2) is 5.24. The second-order valence-corrected chi connectivity index (χ2v) is 5.87. The Morgan fingerprint density at radius 2 is 1.55 bits per heavy atom. The predicted octanol–water partition coefficient (Wildman–Crippen LogP) is 4.11. The lowest BCUT2D eigenvalue weighted by atomic mass is 10.1. The lowest BCUT2D eigenvalue weighted by molar-refractivity contribution is 0.827. The fourth-order valence-electron chi connectivity index (χ4n) is 2.53. The maximum atomic E-state index is 12.8. The van der Waals surface area contributed by atoms with Gasteiger partial charge < -0.3 is 0 Å². The fourth-order valence-corrected chi connectivity index (χ4v) is 3.25. The Labute approximate surface area is 131 Å². The average Bonchev–Trinajstić information content (AvgIpc) is 3.11. The van der Waals surface area contributed by atoms with Gasteiger partial charge in [-0.1, -0.05) is 42.5 Å². The van der Waals surface area contributed by atoms with Crippen molar-refractivity contribution in [2.75, 3.05) is 0 Å². The standard InChI is InChI=1S/C18H12N2OS/c21-18-15-10-5-4-9-14(15)17(16-11-6-12-22-16)19-20(18)13-7-2-1-3-8-13/h1-12H. The van der Waals surface area contributed by atoms with Gasteiger partial charge in [0, 0.05) is 5.39 Å². The summed E-state index contributed by atoms with van der Waals surface area (Å²) in [6, 6.07) is 21.2. The van der Waals surface area contributed by atoms with Crippen molar-refractivity contribution < 1.29 is 0 Å². The van der Waals surface area contributed by atoms with E-state index in [0.29, 0.717) is 5.39 Å². The normalized spacial score (nSPS) is 10.9. The van der Waals surface area contributed by atoms with Crippen LogP contribution in [-0.4, -0.2) is 9.78 Å².